The van der Waals surface area contributed by atoms with Crippen LogP contribution in [0, 0.1) is 0 Å². The van der Waals surface area contributed by atoms with Crippen LogP contribution in [0.2, 0.25) is 5.02 Å². The van der Waals surface area contributed by atoms with Gasteiger partial charge in [0.1, 0.15) is 0 Å². The maximum atomic E-state index is 11.5. The van der Waals surface area contributed by atoms with Gasteiger partial charge in [-0.15, -0.1) is 0 Å². The van der Waals surface area contributed by atoms with Crippen molar-refractivity contribution in [1.29, 1.82) is 0 Å². The molecule has 0 fully saturated rings. The zero-order chi connectivity index (χ0) is 19.2. The maximum Gasteiger partial charge on any atom is 0.194 e. The van der Waals surface area contributed by atoms with Crippen molar-refractivity contribution in [2.75, 3.05) is 19.8 Å². The van der Waals surface area contributed by atoms with Gasteiger partial charge in [0.25, 0.3) is 0 Å². The number of sulfone groups is 1. The molecule has 2 rings (SSSR count). The van der Waals surface area contributed by atoms with Crippen LogP contribution in [0.1, 0.15) is 18.1 Å². The lowest BCUT2D eigenvalue weighted by Gasteiger charge is -2.22. The van der Waals surface area contributed by atoms with Crippen LogP contribution < -0.4 is 5.32 Å². The Morgan fingerprint density at radius 3 is 2.19 bits per heavy atom. The molecule has 0 radical (unpaired) electrons. The number of nitrogens with one attached hydrogen (secondary N) is 1. The van der Waals surface area contributed by atoms with Crippen LogP contribution in [0.15, 0.2) is 58.4 Å². The molecule has 5 nitrogen and oxygen atoms in total. The van der Waals surface area contributed by atoms with Crippen LogP contribution >= 0.6 is 11.6 Å². The highest BCUT2D eigenvalue weighted by molar-refractivity contribution is 7.90. The molecule has 0 saturated carbocycles. The summed E-state index contributed by atoms with van der Waals surface area (Å²) in [4.78, 5) is 7.00. The average molecular weight is 394 g/mol. The fraction of sp³-hybridized carbons (Fsp3) is 0.316. The fourth-order valence-corrected chi connectivity index (χ4v) is 3.17. The lowest BCUT2D eigenvalue weighted by Crippen LogP contribution is -2.38. The summed E-state index contributed by atoms with van der Waals surface area (Å²) in [5.74, 6) is 0.787. The van der Waals surface area contributed by atoms with E-state index >= 15 is 0 Å². The Kier molecular flexibility index (Phi) is 7.06. The molecule has 0 aromatic heterocycles. The second-order valence-electron chi connectivity index (χ2n) is 6.07. The molecule has 0 heterocycles. The molecule has 140 valence electrons. The van der Waals surface area contributed by atoms with Crippen molar-refractivity contribution in [3.8, 4) is 0 Å². The van der Waals surface area contributed by atoms with Gasteiger partial charge in [0.2, 0.25) is 0 Å². The molecule has 0 aliphatic carbocycles. The summed E-state index contributed by atoms with van der Waals surface area (Å²) in [6, 6.07) is 14.6. The van der Waals surface area contributed by atoms with E-state index < -0.39 is 9.84 Å². The van der Waals surface area contributed by atoms with Gasteiger partial charge in [-0.2, -0.15) is 0 Å². The summed E-state index contributed by atoms with van der Waals surface area (Å²) < 4.78 is 23.1. The van der Waals surface area contributed by atoms with Gasteiger partial charge in [-0.3, -0.25) is 0 Å². The van der Waals surface area contributed by atoms with E-state index in [1.54, 1.807) is 24.3 Å². The first-order valence-corrected chi connectivity index (χ1v) is 10.6. The third-order valence-corrected chi connectivity index (χ3v) is 5.17. The van der Waals surface area contributed by atoms with Gasteiger partial charge in [-0.05, 0) is 42.3 Å². The average Bonchev–Trinajstić information content (AvgIpc) is 2.60. The second kappa shape index (κ2) is 9.05. The Hall–Kier alpha value is -2.05. The van der Waals surface area contributed by atoms with Crippen molar-refractivity contribution in [2.45, 2.75) is 24.9 Å². The van der Waals surface area contributed by atoms with Crippen LogP contribution in [0.3, 0.4) is 0 Å². The van der Waals surface area contributed by atoms with E-state index in [9.17, 15) is 8.42 Å². The van der Waals surface area contributed by atoms with Crippen LogP contribution in [0.25, 0.3) is 0 Å². The number of halogens is 1. The van der Waals surface area contributed by atoms with Crippen LogP contribution in [0.4, 0.5) is 0 Å². The zero-order valence-corrected chi connectivity index (χ0v) is 16.8. The number of guanidine groups is 1. The van der Waals surface area contributed by atoms with Gasteiger partial charge in [0.05, 0.1) is 11.4 Å². The standard InChI is InChI=1S/C19H24ClN3O2S/c1-4-21-19(23(2)14-16-5-9-17(20)10-6-16)22-13-15-7-11-18(12-8-15)26(3,24)25/h5-12H,4,13-14H2,1-3H3,(H,21,22). The SMILES string of the molecule is CCNC(=NCc1ccc(S(C)(=O)=O)cc1)N(C)Cc1ccc(Cl)cc1. The number of rotatable bonds is 6. The summed E-state index contributed by atoms with van der Waals surface area (Å²) in [5.41, 5.74) is 2.09. The van der Waals surface area contributed by atoms with E-state index in [0.29, 0.717) is 18.0 Å². The van der Waals surface area contributed by atoms with Crippen molar-refractivity contribution < 1.29 is 8.42 Å². The molecule has 0 aliphatic rings. The largest absolute Gasteiger partial charge is 0.357 e. The van der Waals surface area contributed by atoms with E-state index in [1.165, 1.54) is 6.26 Å². The van der Waals surface area contributed by atoms with Crippen LogP contribution in [-0.4, -0.2) is 39.1 Å². The monoisotopic (exact) mass is 393 g/mol. The highest BCUT2D eigenvalue weighted by atomic mass is 35.5. The molecule has 7 heteroatoms. The normalized spacial score (nSPS) is 12.1. The minimum Gasteiger partial charge on any atom is -0.357 e. The van der Waals surface area contributed by atoms with Gasteiger partial charge in [0, 0.05) is 31.4 Å². The molecule has 0 amide bonds. The molecule has 26 heavy (non-hydrogen) atoms. The molecule has 0 unspecified atom stereocenters. The maximum absolute atomic E-state index is 11.5. The summed E-state index contributed by atoms with van der Waals surface area (Å²) in [6.07, 6.45) is 1.20. The third-order valence-electron chi connectivity index (χ3n) is 3.79. The molecule has 0 atom stereocenters. The molecule has 0 bridgehead atoms. The Bertz CT molecular complexity index is 847. The fourth-order valence-electron chi connectivity index (χ4n) is 2.42. The number of nitrogens with zero attached hydrogens (tertiary/aromatic N) is 2. The highest BCUT2D eigenvalue weighted by Gasteiger charge is 2.08. The molecule has 2 aromatic carbocycles. The predicted octanol–water partition coefficient (Wildman–Crippen LogP) is 3.34. The van der Waals surface area contributed by atoms with Gasteiger partial charge in [0.15, 0.2) is 15.8 Å². The van der Waals surface area contributed by atoms with Crippen molar-refractivity contribution >= 4 is 27.4 Å². The summed E-state index contributed by atoms with van der Waals surface area (Å²) in [6.45, 7) is 3.96. The van der Waals surface area contributed by atoms with Gasteiger partial charge >= 0.3 is 0 Å². The molecular weight excluding hydrogens is 370 g/mol. The first-order valence-electron chi connectivity index (χ1n) is 8.32. The summed E-state index contributed by atoms with van der Waals surface area (Å²) in [5, 5.41) is 3.99. The predicted molar refractivity (Wildman–Crippen MR) is 107 cm³/mol. The highest BCUT2D eigenvalue weighted by Crippen LogP contribution is 2.13. The number of hydrogen-bond donors (Lipinski definition) is 1. The Morgan fingerprint density at radius 1 is 1.08 bits per heavy atom. The summed E-state index contributed by atoms with van der Waals surface area (Å²) in [7, 11) is -1.20. The second-order valence-corrected chi connectivity index (χ2v) is 8.52. The molecule has 0 spiro atoms. The third kappa shape index (κ3) is 6.04. The lowest BCUT2D eigenvalue weighted by atomic mass is 10.2. The first kappa shape index (κ1) is 20.3. The minimum atomic E-state index is -3.18. The molecule has 1 N–H and O–H groups in total. The van der Waals surface area contributed by atoms with E-state index in [2.05, 4.69) is 10.3 Å². The smallest absolute Gasteiger partial charge is 0.194 e. The van der Waals surface area contributed by atoms with Gasteiger partial charge in [-0.1, -0.05) is 35.9 Å². The summed E-state index contributed by atoms with van der Waals surface area (Å²) >= 11 is 5.93. The van der Waals surface area contributed by atoms with E-state index in [1.807, 2.05) is 43.1 Å². The number of benzene rings is 2. The molecule has 2 aromatic rings. The Balaban J connectivity index is 2.08. The number of hydrogen-bond acceptors (Lipinski definition) is 3. The quantitative estimate of drug-likeness (QED) is 0.604. The van der Waals surface area contributed by atoms with E-state index in [4.69, 9.17) is 11.6 Å². The van der Waals surface area contributed by atoms with Gasteiger partial charge in [-0.25, -0.2) is 13.4 Å². The van der Waals surface area contributed by atoms with E-state index in [-0.39, 0.29) is 0 Å². The van der Waals surface area contributed by atoms with Crippen molar-refractivity contribution in [3.63, 3.8) is 0 Å². The Morgan fingerprint density at radius 2 is 1.65 bits per heavy atom. The van der Waals surface area contributed by atoms with E-state index in [0.717, 1.165) is 28.7 Å². The van der Waals surface area contributed by atoms with Crippen molar-refractivity contribution in [1.82, 2.24) is 10.2 Å². The lowest BCUT2D eigenvalue weighted by molar-refractivity contribution is 0.477. The molecular formula is C19H24ClN3O2S. The van der Waals surface area contributed by atoms with Crippen molar-refractivity contribution in [2.24, 2.45) is 4.99 Å². The first-order chi connectivity index (χ1) is 12.3. The number of aliphatic imine (C=N–C) groups is 1. The van der Waals surface area contributed by atoms with Crippen molar-refractivity contribution in [3.05, 3.63) is 64.7 Å². The minimum absolute atomic E-state index is 0.317. The Labute approximate surface area is 160 Å². The molecule has 0 saturated heterocycles. The van der Waals surface area contributed by atoms with Gasteiger partial charge < -0.3 is 10.2 Å². The zero-order valence-electron chi connectivity index (χ0n) is 15.2. The topological polar surface area (TPSA) is 61.8 Å². The van der Waals surface area contributed by atoms with Crippen LogP contribution in [0.5, 0.6) is 0 Å². The molecule has 0 aliphatic heterocycles. The van der Waals surface area contributed by atoms with Crippen LogP contribution in [-0.2, 0) is 22.9 Å².